The summed E-state index contributed by atoms with van der Waals surface area (Å²) in [5.74, 6) is 0.549. The number of hydrogen-bond acceptors (Lipinski definition) is 4. The molecule has 4 aromatic rings. The summed E-state index contributed by atoms with van der Waals surface area (Å²) in [6.07, 6.45) is 1.51. The number of ether oxygens (including phenoxy) is 2. The fourth-order valence-corrected chi connectivity index (χ4v) is 4.20. The largest absolute Gasteiger partial charge is 0.478 e. The van der Waals surface area contributed by atoms with Crippen molar-refractivity contribution in [2.75, 3.05) is 6.79 Å². The van der Waals surface area contributed by atoms with Crippen LogP contribution in [0.15, 0.2) is 60.7 Å². The van der Waals surface area contributed by atoms with Crippen molar-refractivity contribution < 1.29 is 19.4 Å². The van der Waals surface area contributed by atoms with Gasteiger partial charge in [-0.25, -0.2) is 9.78 Å². The van der Waals surface area contributed by atoms with E-state index in [9.17, 15) is 9.90 Å². The molecule has 0 saturated carbocycles. The van der Waals surface area contributed by atoms with Gasteiger partial charge in [-0.3, -0.25) is 0 Å². The number of halogens is 2. The first-order valence-corrected chi connectivity index (χ1v) is 11.1. The van der Waals surface area contributed by atoms with E-state index >= 15 is 0 Å². The molecule has 2 heterocycles. The predicted molar refractivity (Wildman–Crippen MR) is 132 cm³/mol. The van der Waals surface area contributed by atoms with Gasteiger partial charge in [0, 0.05) is 16.1 Å². The van der Waals surface area contributed by atoms with Crippen molar-refractivity contribution in [2.45, 2.75) is 6.92 Å². The van der Waals surface area contributed by atoms with E-state index in [1.54, 1.807) is 30.3 Å². The van der Waals surface area contributed by atoms with Crippen LogP contribution in [0, 0.1) is 6.92 Å². The zero-order valence-electron chi connectivity index (χ0n) is 17.9. The summed E-state index contributed by atoms with van der Waals surface area (Å²) >= 11 is 12.8. The summed E-state index contributed by atoms with van der Waals surface area (Å²) < 4.78 is 10.9. The minimum atomic E-state index is -1.06. The molecule has 2 N–H and O–H groups in total. The van der Waals surface area contributed by atoms with Gasteiger partial charge in [0.25, 0.3) is 0 Å². The zero-order chi connectivity index (χ0) is 23.8. The van der Waals surface area contributed by atoms with Crippen molar-refractivity contribution in [1.29, 1.82) is 0 Å². The number of nitrogens with zero attached hydrogens (tertiary/aromatic N) is 1. The van der Waals surface area contributed by atoms with Crippen molar-refractivity contribution in [2.24, 2.45) is 0 Å². The maximum atomic E-state index is 12.1. The summed E-state index contributed by atoms with van der Waals surface area (Å²) in [4.78, 5) is 20.1. The van der Waals surface area contributed by atoms with Crippen LogP contribution in [0.25, 0.3) is 34.2 Å². The van der Waals surface area contributed by atoms with Crippen molar-refractivity contribution in [3.05, 3.63) is 87.7 Å². The Morgan fingerprint density at radius 1 is 1.06 bits per heavy atom. The van der Waals surface area contributed by atoms with E-state index in [-0.39, 0.29) is 12.4 Å². The first kappa shape index (κ1) is 22.1. The lowest BCUT2D eigenvalue weighted by molar-refractivity contribution is -0.130. The third kappa shape index (κ3) is 4.25. The van der Waals surface area contributed by atoms with Crippen LogP contribution in [-0.4, -0.2) is 27.8 Å². The average Bonchev–Trinajstić information content (AvgIpc) is 3.45. The van der Waals surface area contributed by atoms with E-state index in [0.29, 0.717) is 49.9 Å². The molecule has 0 spiro atoms. The number of aromatic amines is 1. The third-order valence-electron chi connectivity index (χ3n) is 5.41. The van der Waals surface area contributed by atoms with Gasteiger partial charge >= 0.3 is 5.97 Å². The second-order valence-corrected chi connectivity index (χ2v) is 8.61. The molecule has 0 unspecified atom stereocenters. The van der Waals surface area contributed by atoms with Gasteiger partial charge in [-0.05, 0) is 55.0 Å². The Kier molecular flexibility index (Phi) is 5.77. The molecule has 1 aliphatic rings. The van der Waals surface area contributed by atoms with Crippen LogP contribution in [0.2, 0.25) is 10.0 Å². The number of carboxylic acids is 1. The molecule has 1 aromatic heterocycles. The Hall–Kier alpha value is -3.74. The molecule has 1 aliphatic heterocycles. The molecule has 170 valence electrons. The minimum Gasteiger partial charge on any atom is -0.478 e. The standard InChI is InChI=1S/C26H18Cl2N2O4/c1-14-3-2-4-15(9-14)18(26(31)32)12-23-29-24(16-5-8-21-22(10-16)34-13-33-21)25(30-23)19-11-17(27)6-7-20(19)28/h2-12H,13H2,1H3,(H,29,30)(H,31,32)/b18-12+. The van der Waals surface area contributed by atoms with Crippen LogP contribution in [-0.2, 0) is 4.79 Å². The predicted octanol–water partition coefficient (Wildman–Crippen LogP) is 6.71. The van der Waals surface area contributed by atoms with E-state index in [1.807, 2.05) is 37.3 Å². The van der Waals surface area contributed by atoms with Crippen LogP contribution in [0.3, 0.4) is 0 Å². The van der Waals surface area contributed by atoms with E-state index in [0.717, 1.165) is 11.1 Å². The van der Waals surface area contributed by atoms with Gasteiger partial charge in [0.1, 0.15) is 5.82 Å². The number of H-pyrrole nitrogens is 1. The van der Waals surface area contributed by atoms with Gasteiger partial charge < -0.3 is 19.6 Å². The number of carboxylic acid groups (broad SMARTS) is 1. The highest BCUT2D eigenvalue weighted by Crippen LogP contribution is 2.40. The van der Waals surface area contributed by atoms with Crippen LogP contribution >= 0.6 is 23.2 Å². The fraction of sp³-hybridized carbons (Fsp3) is 0.0769. The molecule has 5 rings (SSSR count). The molecule has 0 aliphatic carbocycles. The highest BCUT2D eigenvalue weighted by molar-refractivity contribution is 6.35. The minimum absolute atomic E-state index is 0.110. The van der Waals surface area contributed by atoms with Gasteiger partial charge in [-0.15, -0.1) is 0 Å². The Morgan fingerprint density at radius 2 is 1.88 bits per heavy atom. The molecule has 0 amide bonds. The number of aliphatic carboxylic acids is 1. The summed E-state index contributed by atoms with van der Waals surface area (Å²) in [5.41, 5.74) is 4.21. The Balaban J connectivity index is 1.70. The number of imidazole rings is 1. The Bertz CT molecular complexity index is 1460. The van der Waals surface area contributed by atoms with Gasteiger partial charge in [0.15, 0.2) is 11.5 Å². The molecule has 6 nitrogen and oxygen atoms in total. The summed E-state index contributed by atoms with van der Waals surface area (Å²) in [5, 5.41) is 10.9. The zero-order valence-corrected chi connectivity index (χ0v) is 19.4. The maximum absolute atomic E-state index is 12.1. The molecule has 0 bridgehead atoms. The van der Waals surface area contributed by atoms with Gasteiger partial charge in [-0.1, -0.05) is 53.0 Å². The molecule has 34 heavy (non-hydrogen) atoms. The third-order valence-corrected chi connectivity index (χ3v) is 5.97. The van der Waals surface area contributed by atoms with Gasteiger partial charge in [0.2, 0.25) is 6.79 Å². The van der Waals surface area contributed by atoms with Crippen molar-refractivity contribution >= 4 is 40.8 Å². The molecule has 0 saturated heterocycles. The van der Waals surface area contributed by atoms with E-state index in [1.165, 1.54) is 6.08 Å². The molecular formula is C26H18Cl2N2O4. The van der Waals surface area contributed by atoms with Gasteiger partial charge in [0.05, 0.1) is 22.0 Å². The number of carbonyl (C=O) groups is 1. The van der Waals surface area contributed by atoms with Crippen LogP contribution < -0.4 is 9.47 Å². The van der Waals surface area contributed by atoms with Crippen molar-refractivity contribution in [3.8, 4) is 34.0 Å². The summed E-state index contributed by atoms with van der Waals surface area (Å²) in [6, 6.07) is 17.9. The highest BCUT2D eigenvalue weighted by atomic mass is 35.5. The van der Waals surface area contributed by atoms with E-state index in [4.69, 9.17) is 37.7 Å². The summed E-state index contributed by atoms with van der Waals surface area (Å²) in [6.45, 7) is 2.06. The number of benzene rings is 3. The summed E-state index contributed by atoms with van der Waals surface area (Å²) in [7, 11) is 0. The second-order valence-electron chi connectivity index (χ2n) is 7.77. The average molecular weight is 493 g/mol. The van der Waals surface area contributed by atoms with Gasteiger partial charge in [-0.2, -0.15) is 0 Å². The second kappa shape index (κ2) is 8.89. The fourth-order valence-electron chi connectivity index (χ4n) is 3.81. The SMILES string of the molecule is Cc1cccc(/C(=C\c2nc(-c3ccc4c(c3)OCO4)c(-c3cc(Cl)ccc3Cl)[nH]2)C(=O)O)c1. The van der Waals surface area contributed by atoms with Crippen LogP contribution in [0.5, 0.6) is 11.5 Å². The monoisotopic (exact) mass is 492 g/mol. The highest BCUT2D eigenvalue weighted by Gasteiger charge is 2.21. The Labute approximate surface area is 205 Å². The molecule has 0 radical (unpaired) electrons. The first-order valence-electron chi connectivity index (χ1n) is 10.4. The quantitative estimate of drug-likeness (QED) is 0.302. The van der Waals surface area contributed by atoms with Crippen LogP contribution in [0.1, 0.15) is 17.0 Å². The van der Waals surface area contributed by atoms with Crippen molar-refractivity contribution in [3.63, 3.8) is 0 Å². The lowest BCUT2D eigenvalue weighted by Crippen LogP contribution is -2.00. The number of fused-ring (bicyclic) bond motifs is 1. The number of nitrogens with one attached hydrogen (secondary N) is 1. The Morgan fingerprint density at radius 3 is 2.68 bits per heavy atom. The number of aryl methyl sites for hydroxylation is 1. The van der Waals surface area contributed by atoms with E-state index < -0.39 is 5.97 Å². The topological polar surface area (TPSA) is 84.4 Å². The van der Waals surface area contributed by atoms with Crippen LogP contribution in [0.4, 0.5) is 0 Å². The van der Waals surface area contributed by atoms with E-state index in [2.05, 4.69) is 4.98 Å². The molecule has 0 fully saturated rings. The molecule has 3 aromatic carbocycles. The molecule has 0 atom stereocenters. The lowest BCUT2D eigenvalue weighted by atomic mass is 10.0. The van der Waals surface area contributed by atoms with Crippen molar-refractivity contribution in [1.82, 2.24) is 9.97 Å². The normalized spacial score (nSPS) is 12.7. The number of rotatable bonds is 5. The number of hydrogen-bond donors (Lipinski definition) is 2. The number of aromatic nitrogens is 2. The smallest absolute Gasteiger partial charge is 0.336 e. The first-order chi connectivity index (χ1) is 16.4. The lowest BCUT2D eigenvalue weighted by Gasteiger charge is -2.07. The molecule has 8 heteroatoms. The molecular weight excluding hydrogens is 475 g/mol. The maximum Gasteiger partial charge on any atom is 0.336 e.